The van der Waals surface area contributed by atoms with Gasteiger partial charge in [0.05, 0.1) is 18.8 Å². The lowest BCUT2D eigenvalue weighted by molar-refractivity contribution is -0.0382. The minimum Gasteiger partial charge on any atom is -0.389 e. The van der Waals surface area contributed by atoms with Gasteiger partial charge in [-0.3, -0.25) is 0 Å². The van der Waals surface area contributed by atoms with Crippen molar-refractivity contribution >= 4 is 0 Å². The maximum Gasteiger partial charge on any atom is 0.0900 e. The molecule has 2 aliphatic rings. The molecule has 3 atom stereocenters. The Labute approximate surface area is 118 Å². The lowest BCUT2D eigenvalue weighted by Crippen LogP contribution is -2.44. The summed E-state index contributed by atoms with van der Waals surface area (Å²) in [6.07, 6.45) is 7.72. The molecule has 0 radical (unpaired) electrons. The zero-order chi connectivity index (χ0) is 13.7. The second kappa shape index (κ2) is 7.61. The molecule has 0 spiro atoms. The maximum atomic E-state index is 10.1. The van der Waals surface area contributed by atoms with Crippen LogP contribution < -0.4 is 0 Å². The molecular weight excluding hydrogens is 238 g/mol. The number of likely N-dealkylation sites (tertiary alicyclic amines) is 1. The van der Waals surface area contributed by atoms with Crippen LogP contribution in [0.4, 0.5) is 0 Å². The quantitative estimate of drug-likeness (QED) is 0.833. The molecule has 112 valence electrons. The van der Waals surface area contributed by atoms with Crippen LogP contribution in [-0.4, -0.2) is 48.5 Å². The van der Waals surface area contributed by atoms with Crippen LogP contribution in [0.1, 0.15) is 52.4 Å². The lowest BCUT2D eigenvalue weighted by atomic mass is 9.92. The fraction of sp³-hybridized carbons (Fsp3) is 1.00. The van der Waals surface area contributed by atoms with E-state index in [1.165, 1.54) is 38.5 Å². The van der Waals surface area contributed by atoms with E-state index in [-0.39, 0.29) is 6.10 Å². The van der Waals surface area contributed by atoms with Crippen molar-refractivity contribution < 1.29 is 9.84 Å². The van der Waals surface area contributed by atoms with E-state index in [1.807, 2.05) is 0 Å². The van der Waals surface area contributed by atoms with Gasteiger partial charge in [-0.1, -0.05) is 33.1 Å². The van der Waals surface area contributed by atoms with Crippen molar-refractivity contribution in [3.8, 4) is 0 Å². The summed E-state index contributed by atoms with van der Waals surface area (Å²) in [4.78, 5) is 2.41. The smallest absolute Gasteiger partial charge is 0.0900 e. The number of ether oxygens (including phenoxy) is 1. The van der Waals surface area contributed by atoms with Crippen LogP contribution in [0, 0.1) is 11.8 Å². The minimum absolute atomic E-state index is 0.320. The number of piperidine rings is 1. The zero-order valence-corrected chi connectivity index (χ0v) is 12.7. The lowest BCUT2D eigenvalue weighted by Gasteiger charge is -2.36. The molecule has 0 aromatic heterocycles. The molecule has 0 aromatic carbocycles. The molecule has 1 saturated heterocycles. The molecule has 1 heterocycles. The summed E-state index contributed by atoms with van der Waals surface area (Å²) in [6.45, 7) is 8.18. The number of aliphatic hydroxyl groups is 1. The van der Waals surface area contributed by atoms with Crippen LogP contribution >= 0.6 is 0 Å². The molecule has 0 amide bonds. The minimum atomic E-state index is -0.320. The van der Waals surface area contributed by atoms with Crippen LogP contribution in [0.3, 0.4) is 0 Å². The first kappa shape index (κ1) is 15.3. The normalized spacial score (nSPS) is 32.4. The Morgan fingerprint density at radius 3 is 2.37 bits per heavy atom. The predicted molar refractivity (Wildman–Crippen MR) is 78.2 cm³/mol. The van der Waals surface area contributed by atoms with Crippen molar-refractivity contribution in [2.24, 2.45) is 11.8 Å². The van der Waals surface area contributed by atoms with E-state index in [2.05, 4.69) is 18.7 Å². The van der Waals surface area contributed by atoms with Crippen LogP contribution in [0.25, 0.3) is 0 Å². The first-order valence-electron chi connectivity index (χ1n) is 8.15. The summed E-state index contributed by atoms with van der Waals surface area (Å²) in [5.74, 6) is 1.52. The Balaban J connectivity index is 1.64. The summed E-state index contributed by atoms with van der Waals surface area (Å²) in [5.41, 5.74) is 0. The summed E-state index contributed by atoms with van der Waals surface area (Å²) < 4.78 is 5.86. The van der Waals surface area contributed by atoms with E-state index in [0.29, 0.717) is 12.7 Å². The largest absolute Gasteiger partial charge is 0.389 e. The van der Waals surface area contributed by atoms with Gasteiger partial charge in [0.25, 0.3) is 0 Å². The third-order valence-electron chi connectivity index (χ3n) is 4.49. The molecule has 1 N–H and O–H groups in total. The molecule has 1 aliphatic heterocycles. The van der Waals surface area contributed by atoms with Gasteiger partial charge in [-0.15, -0.1) is 0 Å². The number of β-amino-alcohol motifs (C(OH)–C–C–N with tert-alkyl or cyclic N) is 1. The zero-order valence-electron chi connectivity index (χ0n) is 12.7. The summed E-state index contributed by atoms with van der Waals surface area (Å²) in [6, 6.07) is 0. The molecule has 0 bridgehead atoms. The summed E-state index contributed by atoms with van der Waals surface area (Å²) in [5, 5.41) is 10.1. The Kier molecular flexibility index (Phi) is 6.11. The van der Waals surface area contributed by atoms with Crippen molar-refractivity contribution in [2.75, 3.05) is 26.2 Å². The fourth-order valence-corrected chi connectivity index (χ4v) is 3.77. The van der Waals surface area contributed by atoms with Crippen LogP contribution in [0.5, 0.6) is 0 Å². The highest BCUT2D eigenvalue weighted by molar-refractivity contribution is 4.77. The topological polar surface area (TPSA) is 32.7 Å². The van der Waals surface area contributed by atoms with Crippen molar-refractivity contribution in [3.63, 3.8) is 0 Å². The van der Waals surface area contributed by atoms with Crippen molar-refractivity contribution in [1.29, 1.82) is 0 Å². The molecule has 2 rings (SSSR count). The van der Waals surface area contributed by atoms with E-state index in [9.17, 15) is 5.11 Å². The highest BCUT2D eigenvalue weighted by Crippen LogP contribution is 2.22. The van der Waals surface area contributed by atoms with E-state index < -0.39 is 0 Å². The van der Waals surface area contributed by atoms with Gasteiger partial charge in [0, 0.05) is 19.6 Å². The van der Waals surface area contributed by atoms with E-state index >= 15 is 0 Å². The number of hydrogen-bond donors (Lipinski definition) is 1. The summed E-state index contributed by atoms with van der Waals surface area (Å²) in [7, 11) is 0. The standard InChI is InChI=1S/C16H31NO2/c1-13-8-14(2)10-17(9-13)11-15(18)12-19-16-6-4-3-5-7-16/h13-16,18H,3-12H2,1-2H3. The SMILES string of the molecule is CC1CC(C)CN(CC(O)COC2CCCCC2)C1. The van der Waals surface area contributed by atoms with Gasteiger partial charge in [-0.2, -0.15) is 0 Å². The molecule has 1 aliphatic carbocycles. The van der Waals surface area contributed by atoms with Crippen molar-refractivity contribution in [2.45, 2.75) is 64.6 Å². The Bertz CT molecular complexity index is 243. The van der Waals surface area contributed by atoms with Gasteiger partial charge in [-0.05, 0) is 31.1 Å². The molecule has 19 heavy (non-hydrogen) atoms. The average Bonchev–Trinajstić information content (AvgIpc) is 2.36. The predicted octanol–water partition coefficient (Wildman–Crippen LogP) is 2.67. The summed E-state index contributed by atoms with van der Waals surface area (Å²) >= 11 is 0. The van der Waals surface area contributed by atoms with Gasteiger partial charge in [0.2, 0.25) is 0 Å². The second-order valence-electron chi connectivity index (χ2n) is 6.91. The Morgan fingerprint density at radius 2 is 1.74 bits per heavy atom. The molecule has 3 heteroatoms. The van der Waals surface area contributed by atoms with Crippen LogP contribution in [0.2, 0.25) is 0 Å². The van der Waals surface area contributed by atoms with Gasteiger partial charge >= 0.3 is 0 Å². The molecule has 0 aromatic rings. The molecule has 3 nitrogen and oxygen atoms in total. The highest BCUT2D eigenvalue weighted by atomic mass is 16.5. The third kappa shape index (κ3) is 5.41. The number of rotatable bonds is 5. The maximum absolute atomic E-state index is 10.1. The third-order valence-corrected chi connectivity index (χ3v) is 4.49. The Hall–Kier alpha value is -0.120. The van der Waals surface area contributed by atoms with Gasteiger partial charge in [-0.25, -0.2) is 0 Å². The van der Waals surface area contributed by atoms with Crippen molar-refractivity contribution in [3.05, 3.63) is 0 Å². The first-order chi connectivity index (χ1) is 9.13. The van der Waals surface area contributed by atoms with Crippen LogP contribution in [0.15, 0.2) is 0 Å². The number of hydrogen-bond acceptors (Lipinski definition) is 3. The average molecular weight is 269 g/mol. The first-order valence-corrected chi connectivity index (χ1v) is 8.15. The molecule has 1 saturated carbocycles. The van der Waals surface area contributed by atoms with E-state index in [1.54, 1.807) is 0 Å². The van der Waals surface area contributed by atoms with Gasteiger partial charge in [0.1, 0.15) is 0 Å². The Morgan fingerprint density at radius 1 is 1.11 bits per heavy atom. The van der Waals surface area contributed by atoms with E-state index in [0.717, 1.165) is 31.5 Å². The van der Waals surface area contributed by atoms with Gasteiger partial charge in [0.15, 0.2) is 0 Å². The second-order valence-corrected chi connectivity index (χ2v) is 6.91. The van der Waals surface area contributed by atoms with E-state index in [4.69, 9.17) is 4.74 Å². The molecular formula is C16H31NO2. The molecule has 2 fully saturated rings. The number of aliphatic hydroxyl groups excluding tert-OH is 1. The van der Waals surface area contributed by atoms with Gasteiger partial charge < -0.3 is 14.7 Å². The fourth-order valence-electron chi connectivity index (χ4n) is 3.77. The van der Waals surface area contributed by atoms with Crippen molar-refractivity contribution in [1.82, 2.24) is 4.90 Å². The van der Waals surface area contributed by atoms with Crippen LogP contribution in [-0.2, 0) is 4.74 Å². The highest BCUT2D eigenvalue weighted by Gasteiger charge is 2.24. The number of nitrogens with zero attached hydrogens (tertiary/aromatic N) is 1. The molecule has 3 unspecified atom stereocenters. The monoisotopic (exact) mass is 269 g/mol.